The molecular formula is C25H22N2O3. The van der Waals surface area contributed by atoms with E-state index in [4.69, 9.17) is 14.5 Å². The Bertz CT molecular complexity index is 1190. The van der Waals surface area contributed by atoms with Gasteiger partial charge in [-0.15, -0.1) is 0 Å². The fraction of sp³-hybridized carbons (Fsp3) is 0.120. The minimum atomic E-state index is -0.249. The van der Waals surface area contributed by atoms with Gasteiger partial charge in [0.05, 0.1) is 18.3 Å². The van der Waals surface area contributed by atoms with Crippen molar-refractivity contribution in [3.63, 3.8) is 0 Å². The minimum Gasteiger partial charge on any atom is -0.497 e. The van der Waals surface area contributed by atoms with Crippen LogP contribution < -0.4 is 14.8 Å². The zero-order valence-corrected chi connectivity index (χ0v) is 16.9. The molecule has 0 atom stereocenters. The summed E-state index contributed by atoms with van der Waals surface area (Å²) in [6, 6.07) is 25.0. The van der Waals surface area contributed by atoms with Crippen LogP contribution in [-0.2, 0) is 4.79 Å². The molecule has 150 valence electrons. The van der Waals surface area contributed by atoms with Gasteiger partial charge in [-0.2, -0.15) is 0 Å². The van der Waals surface area contributed by atoms with E-state index in [-0.39, 0.29) is 12.5 Å². The molecule has 0 aliphatic heterocycles. The van der Waals surface area contributed by atoms with Crippen molar-refractivity contribution in [3.8, 4) is 22.8 Å². The van der Waals surface area contributed by atoms with Gasteiger partial charge in [-0.1, -0.05) is 48.0 Å². The standard InChI is InChI=1S/C25H22N2O3/c1-17-10-12-18(13-11-17)23-15-24(21-8-3-4-9-22(21)27-23)30-16-25(28)26-19-6-5-7-20(14-19)29-2/h3-15H,16H2,1-2H3,(H,26,28). The fourth-order valence-corrected chi connectivity index (χ4v) is 3.18. The van der Waals surface area contributed by atoms with E-state index in [0.717, 1.165) is 22.2 Å². The Morgan fingerprint density at radius 2 is 1.77 bits per heavy atom. The van der Waals surface area contributed by atoms with Crippen molar-refractivity contribution >= 4 is 22.5 Å². The van der Waals surface area contributed by atoms with Crippen molar-refractivity contribution in [2.24, 2.45) is 0 Å². The first-order valence-electron chi connectivity index (χ1n) is 9.66. The number of methoxy groups -OCH3 is 1. The molecule has 1 amide bonds. The molecular weight excluding hydrogens is 376 g/mol. The van der Waals surface area contributed by atoms with Gasteiger partial charge in [0.25, 0.3) is 5.91 Å². The molecule has 0 unspecified atom stereocenters. The predicted molar refractivity (Wildman–Crippen MR) is 119 cm³/mol. The van der Waals surface area contributed by atoms with Gasteiger partial charge in [0.2, 0.25) is 0 Å². The molecule has 3 aromatic carbocycles. The molecule has 0 aliphatic rings. The summed E-state index contributed by atoms with van der Waals surface area (Å²) < 4.78 is 11.1. The smallest absolute Gasteiger partial charge is 0.262 e. The zero-order chi connectivity index (χ0) is 20.9. The molecule has 5 heteroatoms. The Morgan fingerprint density at radius 1 is 0.967 bits per heavy atom. The highest BCUT2D eigenvalue weighted by molar-refractivity contribution is 5.93. The molecule has 0 aliphatic carbocycles. The Kier molecular flexibility index (Phi) is 5.61. The SMILES string of the molecule is COc1cccc(NC(=O)COc2cc(-c3ccc(C)cc3)nc3ccccc23)c1. The van der Waals surface area contributed by atoms with Gasteiger partial charge in [-0.25, -0.2) is 4.98 Å². The number of benzene rings is 3. The third kappa shape index (κ3) is 4.41. The lowest BCUT2D eigenvalue weighted by Gasteiger charge is -2.12. The number of carbonyl (C=O) groups is 1. The third-order valence-corrected chi connectivity index (χ3v) is 4.74. The number of pyridine rings is 1. The van der Waals surface area contributed by atoms with Crippen LogP contribution in [0.5, 0.6) is 11.5 Å². The van der Waals surface area contributed by atoms with Crippen LogP contribution in [0.2, 0.25) is 0 Å². The maximum Gasteiger partial charge on any atom is 0.262 e. The van der Waals surface area contributed by atoms with Gasteiger partial charge in [0.15, 0.2) is 6.61 Å². The number of ether oxygens (including phenoxy) is 2. The average molecular weight is 398 g/mol. The summed E-state index contributed by atoms with van der Waals surface area (Å²) in [4.78, 5) is 17.2. The molecule has 0 bridgehead atoms. The number of amides is 1. The Morgan fingerprint density at radius 3 is 2.57 bits per heavy atom. The molecule has 0 radical (unpaired) electrons. The summed E-state index contributed by atoms with van der Waals surface area (Å²) in [5.41, 5.74) is 4.46. The highest BCUT2D eigenvalue weighted by Crippen LogP contribution is 2.30. The molecule has 0 saturated heterocycles. The van der Waals surface area contributed by atoms with Crippen molar-refractivity contribution in [1.82, 2.24) is 4.98 Å². The minimum absolute atomic E-state index is 0.113. The summed E-state index contributed by atoms with van der Waals surface area (Å²) in [7, 11) is 1.59. The number of nitrogens with zero attached hydrogens (tertiary/aromatic N) is 1. The van der Waals surface area contributed by atoms with Crippen LogP contribution in [0.1, 0.15) is 5.56 Å². The quantitative estimate of drug-likeness (QED) is 0.483. The summed E-state index contributed by atoms with van der Waals surface area (Å²) in [6.45, 7) is 1.94. The number of rotatable bonds is 6. The van der Waals surface area contributed by atoms with Crippen LogP contribution in [0, 0.1) is 6.92 Å². The Balaban J connectivity index is 1.56. The molecule has 1 heterocycles. The fourth-order valence-electron chi connectivity index (χ4n) is 3.18. The number of hydrogen-bond donors (Lipinski definition) is 1. The zero-order valence-electron chi connectivity index (χ0n) is 16.9. The van der Waals surface area contributed by atoms with Gasteiger partial charge in [-0.3, -0.25) is 4.79 Å². The molecule has 4 rings (SSSR count). The summed E-state index contributed by atoms with van der Waals surface area (Å²) in [5, 5.41) is 3.69. The predicted octanol–water partition coefficient (Wildman–Crippen LogP) is 5.24. The molecule has 0 fully saturated rings. The van der Waals surface area contributed by atoms with Crippen LogP contribution in [0.4, 0.5) is 5.69 Å². The van der Waals surface area contributed by atoms with Gasteiger partial charge in [-0.05, 0) is 31.2 Å². The van der Waals surface area contributed by atoms with Crippen molar-refractivity contribution in [2.45, 2.75) is 6.92 Å². The molecule has 5 nitrogen and oxygen atoms in total. The van der Waals surface area contributed by atoms with E-state index in [9.17, 15) is 4.79 Å². The van der Waals surface area contributed by atoms with Crippen molar-refractivity contribution in [3.05, 3.63) is 84.4 Å². The number of carbonyl (C=O) groups excluding carboxylic acids is 1. The second-order valence-corrected chi connectivity index (χ2v) is 6.96. The van der Waals surface area contributed by atoms with Crippen LogP contribution in [-0.4, -0.2) is 24.6 Å². The highest BCUT2D eigenvalue weighted by Gasteiger charge is 2.11. The summed E-state index contributed by atoms with van der Waals surface area (Å²) in [6.07, 6.45) is 0. The van der Waals surface area contributed by atoms with Crippen molar-refractivity contribution < 1.29 is 14.3 Å². The second kappa shape index (κ2) is 8.66. The Labute approximate surface area is 175 Å². The number of hydrogen-bond acceptors (Lipinski definition) is 4. The first-order chi connectivity index (χ1) is 14.6. The number of aryl methyl sites for hydroxylation is 1. The van der Waals surface area contributed by atoms with Gasteiger partial charge in [0, 0.05) is 28.8 Å². The van der Waals surface area contributed by atoms with Crippen molar-refractivity contribution in [1.29, 1.82) is 0 Å². The normalized spacial score (nSPS) is 10.6. The lowest BCUT2D eigenvalue weighted by Crippen LogP contribution is -2.20. The first-order valence-corrected chi connectivity index (χ1v) is 9.66. The lowest BCUT2D eigenvalue weighted by molar-refractivity contribution is -0.118. The molecule has 0 saturated carbocycles. The van der Waals surface area contributed by atoms with Crippen LogP contribution in [0.25, 0.3) is 22.2 Å². The van der Waals surface area contributed by atoms with Crippen LogP contribution in [0.3, 0.4) is 0 Å². The lowest BCUT2D eigenvalue weighted by atomic mass is 10.1. The topological polar surface area (TPSA) is 60.5 Å². The highest BCUT2D eigenvalue weighted by atomic mass is 16.5. The first kappa shape index (κ1) is 19.5. The molecule has 1 aromatic heterocycles. The number of nitrogens with one attached hydrogen (secondary N) is 1. The van der Waals surface area contributed by atoms with E-state index >= 15 is 0 Å². The Hall–Kier alpha value is -3.86. The number of aromatic nitrogens is 1. The van der Waals surface area contributed by atoms with E-state index in [1.807, 2.05) is 73.7 Å². The van der Waals surface area contributed by atoms with Gasteiger partial charge in [0.1, 0.15) is 11.5 Å². The second-order valence-electron chi connectivity index (χ2n) is 6.96. The largest absolute Gasteiger partial charge is 0.497 e. The van der Waals surface area contributed by atoms with E-state index in [1.165, 1.54) is 5.56 Å². The third-order valence-electron chi connectivity index (χ3n) is 4.74. The molecule has 0 spiro atoms. The molecule has 4 aromatic rings. The van der Waals surface area contributed by atoms with Gasteiger partial charge < -0.3 is 14.8 Å². The van der Waals surface area contributed by atoms with E-state index in [2.05, 4.69) is 5.32 Å². The van der Waals surface area contributed by atoms with E-state index < -0.39 is 0 Å². The van der Waals surface area contributed by atoms with Gasteiger partial charge >= 0.3 is 0 Å². The monoisotopic (exact) mass is 398 g/mol. The van der Waals surface area contributed by atoms with Crippen LogP contribution in [0.15, 0.2) is 78.9 Å². The average Bonchev–Trinajstić information content (AvgIpc) is 2.78. The van der Waals surface area contributed by atoms with E-state index in [1.54, 1.807) is 19.2 Å². The van der Waals surface area contributed by atoms with Crippen LogP contribution >= 0.6 is 0 Å². The maximum atomic E-state index is 12.4. The number of anilines is 1. The van der Waals surface area contributed by atoms with Crippen molar-refractivity contribution in [2.75, 3.05) is 19.0 Å². The number of fused-ring (bicyclic) bond motifs is 1. The maximum absolute atomic E-state index is 12.4. The summed E-state index contributed by atoms with van der Waals surface area (Å²) >= 11 is 0. The number of para-hydroxylation sites is 1. The molecule has 30 heavy (non-hydrogen) atoms. The summed E-state index contributed by atoms with van der Waals surface area (Å²) in [5.74, 6) is 1.05. The van der Waals surface area contributed by atoms with E-state index in [0.29, 0.717) is 17.2 Å². The molecule has 1 N–H and O–H groups in total.